The normalized spacial score (nSPS) is 9.67. The van der Waals surface area contributed by atoms with Crippen LogP contribution >= 0.6 is 39.1 Å². The van der Waals surface area contributed by atoms with E-state index in [0.29, 0.717) is 9.76 Å². The Morgan fingerprint density at radius 3 is 2.56 bits per heavy atom. The van der Waals surface area contributed by atoms with Gasteiger partial charge in [-0.3, -0.25) is 0 Å². The van der Waals surface area contributed by atoms with Crippen LogP contribution in [-0.2, 0) is 0 Å². The van der Waals surface area contributed by atoms with Crippen molar-refractivity contribution in [3.63, 3.8) is 0 Å². The summed E-state index contributed by atoms with van der Waals surface area (Å²) in [7, 11) is 0. The molecule has 1 rings (SSSR count). The topological polar surface area (TPSA) is 25.8 Å². The van der Waals surface area contributed by atoms with Gasteiger partial charge >= 0.3 is 0 Å². The predicted molar refractivity (Wildman–Crippen MR) is 39.8 cm³/mol. The van der Waals surface area contributed by atoms with Gasteiger partial charge in [-0.15, -0.1) is 0 Å². The average molecular weight is 228 g/mol. The summed E-state index contributed by atoms with van der Waals surface area (Å²) in [4.78, 5) is 7.44. The standard InChI is InChI=1S/C4HBrCl2N2/c5-4-8-1-2(6)3(7)9-4/h1H. The minimum Gasteiger partial charge on any atom is -0.229 e. The molecule has 1 aromatic heterocycles. The molecule has 0 aliphatic rings. The summed E-state index contributed by atoms with van der Waals surface area (Å²) in [6.45, 7) is 0. The summed E-state index contributed by atoms with van der Waals surface area (Å²) in [5.41, 5.74) is 0. The quantitative estimate of drug-likeness (QED) is 0.503. The van der Waals surface area contributed by atoms with E-state index in [0.717, 1.165) is 0 Å². The second-order valence-corrected chi connectivity index (χ2v) is 2.75. The maximum Gasteiger partial charge on any atom is 0.198 e. The minimum atomic E-state index is 0.263. The highest BCUT2D eigenvalue weighted by Gasteiger charge is 1.97. The molecule has 0 saturated heterocycles. The van der Waals surface area contributed by atoms with E-state index in [1.165, 1.54) is 6.20 Å². The van der Waals surface area contributed by atoms with Gasteiger partial charge in [0, 0.05) is 0 Å². The molecule has 5 heteroatoms. The molecule has 9 heavy (non-hydrogen) atoms. The molecule has 0 atom stereocenters. The average Bonchev–Trinajstić information content (AvgIpc) is 1.80. The fourth-order valence-corrected chi connectivity index (χ4v) is 0.928. The number of hydrogen-bond acceptors (Lipinski definition) is 2. The van der Waals surface area contributed by atoms with Crippen LogP contribution in [-0.4, -0.2) is 9.97 Å². The highest BCUT2D eigenvalue weighted by atomic mass is 79.9. The summed E-state index contributed by atoms with van der Waals surface area (Å²) < 4.78 is 0.442. The Bertz CT molecular complexity index is 228. The van der Waals surface area contributed by atoms with Gasteiger partial charge in [-0.1, -0.05) is 23.2 Å². The zero-order chi connectivity index (χ0) is 6.85. The van der Waals surface area contributed by atoms with E-state index in [2.05, 4.69) is 25.9 Å². The van der Waals surface area contributed by atoms with E-state index < -0.39 is 0 Å². The Labute approximate surface area is 70.3 Å². The summed E-state index contributed by atoms with van der Waals surface area (Å²) in [6.07, 6.45) is 1.43. The Morgan fingerprint density at radius 2 is 2.11 bits per heavy atom. The third-order valence-electron chi connectivity index (χ3n) is 0.672. The molecule has 0 bridgehead atoms. The molecule has 1 heterocycles. The lowest BCUT2D eigenvalue weighted by Crippen LogP contribution is -1.81. The number of rotatable bonds is 0. The smallest absolute Gasteiger partial charge is 0.198 e. The monoisotopic (exact) mass is 226 g/mol. The van der Waals surface area contributed by atoms with Gasteiger partial charge in [0.2, 0.25) is 0 Å². The fraction of sp³-hybridized carbons (Fsp3) is 0. The van der Waals surface area contributed by atoms with E-state index in [9.17, 15) is 0 Å². The first kappa shape index (κ1) is 7.25. The molecular weight excluding hydrogens is 227 g/mol. The molecule has 0 aliphatic heterocycles. The maximum atomic E-state index is 5.50. The van der Waals surface area contributed by atoms with Crippen LogP contribution in [0.4, 0.5) is 0 Å². The molecule has 48 valence electrons. The van der Waals surface area contributed by atoms with Crippen LogP contribution in [0.3, 0.4) is 0 Å². The van der Waals surface area contributed by atoms with Gasteiger partial charge in [0.25, 0.3) is 0 Å². The number of nitrogens with zero attached hydrogens (tertiary/aromatic N) is 2. The summed E-state index contributed by atoms with van der Waals surface area (Å²) >= 11 is 14.0. The predicted octanol–water partition coefficient (Wildman–Crippen LogP) is 2.55. The first-order chi connectivity index (χ1) is 4.20. The van der Waals surface area contributed by atoms with Crippen molar-refractivity contribution in [3.8, 4) is 0 Å². The van der Waals surface area contributed by atoms with Crippen molar-refractivity contribution in [3.05, 3.63) is 21.1 Å². The van der Waals surface area contributed by atoms with E-state index in [1.54, 1.807) is 0 Å². The van der Waals surface area contributed by atoms with Crippen molar-refractivity contribution in [2.45, 2.75) is 0 Å². The lowest BCUT2D eigenvalue weighted by atomic mass is 10.7. The molecule has 0 fully saturated rings. The molecule has 1 aromatic rings. The molecule has 0 radical (unpaired) electrons. The number of hydrogen-bond donors (Lipinski definition) is 0. The summed E-state index contributed by atoms with van der Waals surface area (Å²) in [5, 5.41) is 0.624. The zero-order valence-electron chi connectivity index (χ0n) is 4.11. The van der Waals surface area contributed by atoms with Gasteiger partial charge in [-0.2, -0.15) is 0 Å². The molecule has 0 spiro atoms. The van der Waals surface area contributed by atoms with Crippen LogP contribution in [0.25, 0.3) is 0 Å². The zero-order valence-corrected chi connectivity index (χ0v) is 7.20. The van der Waals surface area contributed by atoms with Gasteiger partial charge in [0.05, 0.1) is 11.2 Å². The van der Waals surface area contributed by atoms with Crippen LogP contribution in [0.1, 0.15) is 0 Å². The fourth-order valence-electron chi connectivity index (χ4n) is 0.326. The SMILES string of the molecule is Clc1cnc(Br)nc1Cl. The summed E-state index contributed by atoms with van der Waals surface area (Å²) in [5.74, 6) is 0. The van der Waals surface area contributed by atoms with Gasteiger partial charge in [0.15, 0.2) is 9.89 Å². The molecule has 0 amide bonds. The van der Waals surface area contributed by atoms with E-state index in [-0.39, 0.29) is 5.15 Å². The second kappa shape index (κ2) is 2.82. The lowest BCUT2D eigenvalue weighted by Gasteiger charge is -1.91. The van der Waals surface area contributed by atoms with Gasteiger partial charge in [-0.25, -0.2) is 9.97 Å². The van der Waals surface area contributed by atoms with Crippen molar-refractivity contribution in [2.75, 3.05) is 0 Å². The Kier molecular flexibility index (Phi) is 2.27. The molecule has 0 aliphatic carbocycles. The largest absolute Gasteiger partial charge is 0.229 e. The Balaban J connectivity index is 3.17. The Morgan fingerprint density at radius 1 is 1.44 bits per heavy atom. The van der Waals surface area contributed by atoms with Crippen molar-refractivity contribution in [1.29, 1.82) is 0 Å². The van der Waals surface area contributed by atoms with Gasteiger partial charge in [-0.05, 0) is 15.9 Å². The molecule has 0 N–H and O–H groups in total. The van der Waals surface area contributed by atoms with Crippen LogP contribution in [0, 0.1) is 0 Å². The third kappa shape index (κ3) is 1.78. The van der Waals surface area contributed by atoms with Gasteiger partial charge < -0.3 is 0 Å². The lowest BCUT2D eigenvalue weighted by molar-refractivity contribution is 1.11. The van der Waals surface area contributed by atoms with Crippen LogP contribution in [0.2, 0.25) is 10.2 Å². The Hall–Kier alpha value is 0.140. The van der Waals surface area contributed by atoms with Crippen molar-refractivity contribution in [2.24, 2.45) is 0 Å². The van der Waals surface area contributed by atoms with Gasteiger partial charge in [0.1, 0.15) is 0 Å². The van der Waals surface area contributed by atoms with Crippen molar-refractivity contribution in [1.82, 2.24) is 9.97 Å². The highest BCUT2D eigenvalue weighted by molar-refractivity contribution is 9.10. The molecule has 0 saturated carbocycles. The number of halogens is 3. The first-order valence-corrected chi connectivity index (χ1v) is 3.58. The number of aromatic nitrogens is 2. The molecule has 0 unspecified atom stereocenters. The van der Waals surface area contributed by atoms with Crippen LogP contribution in [0.15, 0.2) is 10.9 Å². The molecular formula is C4HBrCl2N2. The van der Waals surface area contributed by atoms with E-state index >= 15 is 0 Å². The maximum absolute atomic E-state index is 5.50. The van der Waals surface area contributed by atoms with Crippen molar-refractivity contribution >= 4 is 39.1 Å². The first-order valence-electron chi connectivity index (χ1n) is 2.03. The van der Waals surface area contributed by atoms with E-state index in [1.807, 2.05) is 0 Å². The third-order valence-corrected chi connectivity index (χ3v) is 1.72. The van der Waals surface area contributed by atoms with E-state index in [4.69, 9.17) is 23.2 Å². The summed E-state index contributed by atoms with van der Waals surface area (Å²) in [6, 6.07) is 0. The minimum absolute atomic E-state index is 0.263. The van der Waals surface area contributed by atoms with Crippen molar-refractivity contribution < 1.29 is 0 Å². The van der Waals surface area contributed by atoms with Crippen LogP contribution in [0.5, 0.6) is 0 Å². The highest BCUT2D eigenvalue weighted by Crippen LogP contribution is 2.18. The van der Waals surface area contributed by atoms with Crippen LogP contribution < -0.4 is 0 Å². The molecule has 2 nitrogen and oxygen atoms in total. The molecule has 0 aromatic carbocycles. The second-order valence-electron chi connectivity index (χ2n) is 1.28.